The number of aliphatic imine (C=N–C) groups is 1. The van der Waals surface area contributed by atoms with E-state index in [-0.39, 0.29) is 5.91 Å². The highest BCUT2D eigenvalue weighted by Gasteiger charge is 2.19. The number of rotatable bonds is 3. The van der Waals surface area contributed by atoms with Crippen molar-refractivity contribution in [3.05, 3.63) is 64.0 Å². The molecule has 3 rings (SSSR count). The van der Waals surface area contributed by atoms with Crippen molar-refractivity contribution in [1.82, 2.24) is 0 Å². The standard InChI is InChI=1S/C16H11ClN2OS2/c17-11-3-7-13(8-4-11)21-12-5-1-10(2-6-12)9-14-15(20)19-16(18)22-14/h1-9H,(H2,18,19,20). The van der Waals surface area contributed by atoms with Crippen LogP contribution in [0.2, 0.25) is 5.02 Å². The van der Waals surface area contributed by atoms with E-state index in [0.717, 1.165) is 20.4 Å². The number of halogens is 1. The van der Waals surface area contributed by atoms with Gasteiger partial charge < -0.3 is 5.73 Å². The van der Waals surface area contributed by atoms with Gasteiger partial charge >= 0.3 is 0 Å². The van der Waals surface area contributed by atoms with Gasteiger partial charge in [0.1, 0.15) is 0 Å². The van der Waals surface area contributed by atoms with E-state index in [4.69, 9.17) is 17.3 Å². The largest absolute Gasteiger partial charge is 0.378 e. The summed E-state index contributed by atoms with van der Waals surface area (Å²) in [4.78, 5) is 18.0. The molecular weight excluding hydrogens is 336 g/mol. The second-order valence-electron chi connectivity index (χ2n) is 4.49. The highest BCUT2D eigenvalue weighted by Crippen LogP contribution is 2.30. The van der Waals surface area contributed by atoms with E-state index in [1.54, 1.807) is 17.8 Å². The average molecular weight is 347 g/mol. The van der Waals surface area contributed by atoms with Crippen LogP contribution in [-0.2, 0) is 4.79 Å². The number of hydrogen-bond donors (Lipinski definition) is 1. The molecule has 0 spiro atoms. The Morgan fingerprint density at radius 3 is 2.18 bits per heavy atom. The molecule has 2 N–H and O–H groups in total. The van der Waals surface area contributed by atoms with Crippen LogP contribution in [0.4, 0.5) is 0 Å². The Kier molecular flexibility index (Phi) is 4.57. The third-order valence-corrected chi connectivity index (χ3v) is 4.94. The summed E-state index contributed by atoms with van der Waals surface area (Å²) in [6.45, 7) is 0. The highest BCUT2D eigenvalue weighted by atomic mass is 35.5. The summed E-state index contributed by atoms with van der Waals surface area (Å²) in [5.41, 5.74) is 6.47. The molecule has 1 amide bonds. The van der Waals surface area contributed by atoms with Gasteiger partial charge in [0.25, 0.3) is 5.91 Å². The van der Waals surface area contributed by atoms with E-state index >= 15 is 0 Å². The van der Waals surface area contributed by atoms with Crippen LogP contribution >= 0.6 is 35.1 Å². The number of nitrogens with two attached hydrogens (primary N) is 1. The summed E-state index contributed by atoms with van der Waals surface area (Å²) in [5.74, 6) is -0.276. The van der Waals surface area contributed by atoms with Gasteiger partial charge in [0, 0.05) is 14.8 Å². The van der Waals surface area contributed by atoms with E-state index < -0.39 is 0 Å². The molecule has 0 atom stereocenters. The molecule has 1 aliphatic heterocycles. The lowest BCUT2D eigenvalue weighted by molar-refractivity contribution is -0.113. The lowest BCUT2D eigenvalue weighted by Gasteiger charge is -2.03. The molecule has 0 saturated carbocycles. The van der Waals surface area contributed by atoms with Crippen LogP contribution in [0.5, 0.6) is 0 Å². The molecule has 1 heterocycles. The zero-order chi connectivity index (χ0) is 15.5. The summed E-state index contributed by atoms with van der Waals surface area (Å²) in [7, 11) is 0. The predicted molar refractivity (Wildman–Crippen MR) is 94.2 cm³/mol. The van der Waals surface area contributed by atoms with Crippen LogP contribution in [-0.4, -0.2) is 11.1 Å². The van der Waals surface area contributed by atoms with E-state index in [1.807, 2.05) is 48.5 Å². The first-order valence-electron chi connectivity index (χ1n) is 6.42. The average Bonchev–Trinajstić information content (AvgIpc) is 2.81. The zero-order valence-electron chi connectivity index (χ0n) is 11.3. The Morgan fingerprint density at radius 1 is 1.05 bits per heavy atom. The second kappa shape index (κ2) is 6.60. The van der Waals surface area contributed by atoms with E-state index in [1.165, 1.54) is 11.8 Å². The Morgan fingerprint density at radius 2 is 1.64 bits per heavy atom. The number of hydrogen-bond acceptors (Lipinski definition) is 4. The monoisotopic (exact) mass is 346 g/mol. The van der Waals surface area contributed by atoms with Crippen molar-refractivity contribution < 1.29 is 4.79 Å². The maximum Gasteiger partial charge on any atom is 0.286 e. The van der Waals surface area contributed by atoms with Crippen molar-refractivity contribution in [2.24, 2.45) is 10.7 Å². The minimum atomic E-state index is -0.276. The third kappa shape index (κ3) is 3.74. The van der Waals surface area contributed by atoms with Gasteiger partial charge in [0.2, 0.25) is 0 Å². The SMILES string of the molecule is NC1=NC(=O)C(=Cc2ccc(Sc3ccc(Cl)cc3)cc2)S1. The third-order valence-electron chi connectivity index (χ3n) is 2.86. The van der Waals surface area contributed by atoms with Crippen LogP contribution in [0.1, 0.15) is 5.56 Å². The molecule has 0 aliphatic carbocycles. The van der Waals surface area contributed by atoms with Crippen molar-refractivity contribution in [2.75, 3.05) is 0 Å². The number of benzene rings is 2. The highest BCUT2D eigenvalue weighted by molar-refractivity contribution is 8.18. The Bertz CT molecular complexity index is 768. The molecule has 22 heavy (non-hydrogen) atoms. The Labute approximate surface area is 141 Å². The van der Waals surface area contributed by atoms with Crippen molar-refractivity contribution >= 4 is 52.3 Å². The van der Waals surface area contributed by atoms with Gasteiger partial charge in [-0.25, -0.2) is 0 Å². The van der Waals surface area contributed by atoms with Crippen molar-refractivity contribution in [3.8, 4) is 0 Å². The summed E-state index contributed by atoms with van der Waals surface area (Å²) in [5, 5.41) is 1.03. The molecule has 6 heteroatoms. The van der Waals surface area contributed by atoms with Gasteiger partial charge in [-0.3, -0.25) is 4.79 Å². The van der Waals surface area contributed by atoms with E-state index in [0.29, 0.717) is 10.1 Å². The summed E-state index contributed by atoms with van der Waals surface area (Å²) in [6.07, 6.45) is 1.80. The molecule has 0 bridgehead atoms. The molecule has 0 saturated heterocycles. The number of carbonyl (C=O) groups excluding carboxylic acids is 1. The fourth-order valence-corrected chi connectivity index (χ4v) is 3.47. The van der Waals surface area contributed by atoms with E-state index in [2.05, 4.69) is 4.99 Å². The van der Waals surface area contributed by atoms with Gasteiger partial charge in [-0.1, -0.05) is 35.5 Å². The smallest absolute Gasteiger partial charge is 0.286 e. The summed E-state index contributed by atoms with van der Waals surface area (Å²) in [6, 6.07) is 15.7. The fourth-order valence-electron chi connectivity index (χ4n) is 1.85. The first-order chi connectivity index (χ1) is 10.6. The maximum absolute atomic E-state index is 11.6. The number of carbonyl (C=O) groups is 1. The van der Waals surface area contributed by atoms with Crippen molar-refractivity contribution in [1.29, 1.82) is 0 Å². The van der Waals surface area contributed by atoms with Gasteiger partial charge in [-0.2, -0.15) is 4.99 Å². The Hall–Kier alpha value is -1.69. The Balaban J connectivity index is 1.72. The molecule has 2 aromatic rings. The quantitative estimate of drug-likeness (QED) is 0.836. The van der Waals surface area contributed by atoms with Crippen LogP contribution in [0.25, 0.3) is 6.08 Å². The number of thioether (sulfide) groups is 1. The van der Waals surface area contributed by atoms with Crippen molar-refractivity contribution in [3.63, 3.8) is 0 Å². The van der Waals surface area contributed by atoms with E-state index in [9.17, 15) is 4.79 Å². The topological polar surface area (TPSA) is 55.4 Å². The molecule has 2 aromatic carbocycles. The van der Waals surface area contributed by atoms with Crippen LogP contribution < -0.4 is 5.73 Å². The molecule has 0 unspecified atom stereocenters. The molecule has 110 valence electrons. The van der Waals surface area contributed by atoms with Gasteiger partial charge in [-0.15, -0.1) is 0 Å². The molecule has 0 radical (unpaired) electrons. The van der Waals surface area contributed by atoms with Gasteiger partial charge in [-0.05, 0) is 59.8 Å². The minimum Gasteiger partial charge on any atom is -0.378 e. The fraction of sp³-hybridized carbons (Fsp3) is 0. The first-order valence-corrected chi connectivity index (χ1v) is 8.43. The molecule has 0 aromatic heterocycles. The zero-order valence-corrected chi connectivity index (χ0v) is 13.7. The van der Waals surface area contributed by atoms with Gasteiger partial charge in [0.05, 0.1) is 4.91 Å². The van der Waals surface area contributed by atoms with Crippen LogP contribution in [0, 0.1) is 0 Å². The van der Waals surface area contributed by atoms with Crippen LogP contribution in [0.15, 0.2) is 68.2 Å². The number of amides is 1. The molecule has 1 aliphatic rings. The maximum atomic E-state index is 11.6. The second-order valence-corrected chi connectivity index (χ2v) is 7.14. The summed E-state index contributed by atoms with van der Waals surface area (Å²) < 4.78 is 0. The number of nitrogens with zero attached hydrogens (tertiary/aromatic N) is 1. The van der Waals surface area contributed by atoms with Crippen LogP contribution in [0.3, 0.4) is 0 Å². The summed E-state index contributed by atoms with van der Waals surface area (Å²) >= 11 is 8.73. The minimum absolute atomic E-state index is 0.276. The molecule has 3 nitrogen and oxygen atoms in total. The molecular formula is C16H11ClN2OS2. The lowest BCUT2D eigenvalue weighted by atomic mass is 10.2. The van der Waals surface area contributed by atoms with Gasteiger partial charge in [0.15, 0.2) is 5.17 Å². The predicted octanol–water partition coefficient (Wildman–Crippen LogP) is 4.42. The normalized spacial score (nSPS) is 16.1. The first kappa shape index (κ1) is 15.2. The van der Waals surface area contributed by atoms with Crippen molar-refractivity contribution in [2.45, 2.75) is 9.79 Å². The lowest BCUT2D eigenvalue weighted by Crippen LogP contribution is -2.01. The number of amidine groups is 1. The molecule has 0 fully saturated rings.